The molecule has 184 valence electrons. The lowest BCUT2D eigenvalue weighted by Crippen LogP contribution is -2.08. The second kappa shape index (κ2) is 12.7. The summed E-state index contributed by atoms with van der Waals surface area (Å²) in [6, 6.07) is 30.1. The van der Waals surface area contributed by atoms with E-state index in [1.54, 1.807) is 24.3 Å². The fraction of sp³-hybridized carbons (Fsp3) is 0.0323. The van der Waals surface area contributed by atoms with Crippen LogP contribution in [0.5, 0.6) is 0 Å². The summed E-state index contributed by atoms with van der Waals surface area (Å²) in [5.41, 5.74) is 5.19. The smallest absolute Gasteiger partial charge is 0.248 e. The number of rotatable bonds is 8. The van der Waals surface area contributed by atoms with Crippen molar-refractivity contribution in [3.05, 3.63) is 142 Å². The Kier molecular flexibility index (Phi) is 8.93. The standard InChI is InChI=1S/C31H24Cl2N2O2/c32-28-7-3-1-5-24(28)13-19-30(36)34-26-15-9-22(10-16-26)21-23-11-17-27(18-12-23)35-31(37)20-14-25-6-2-4-8-29(25)33/h1-20H,21H2,(H,34,36)(H,35,37)/b19-13+,20-14+. The van der Waals surface area contributed by atoms with E-state index >= 15 is 0 Å². The van der Waals surface area contributed by atoms with Crippen molar-refractivity contribution in [2.75, 3.05) is 10.6 Å². The van der Waals surface area contributed by atoms with Crippen LogP contribution in [0.2, 0.25) is 10.0 Å². The van der Waals surface area contributed by atoms with Crippen LogP contribution in [-0.4, -0.2) is 11.8 Å². The zero-order valence-electron chi connectivity index (χ0n) is 19.8. The number of nitrogens with one attached hydrogen (secondary N) is 2. The number of halogens is 2. The van der Waals surface area contributed by atoms with Gasteiger partial charge in [0.25, 0.3) is 0 Å². The fourth-order valence-electron chi connectivity index (χ4n) is 3.57. The van der Waals surface area contributed by atoms with Crippen molar-refractivity contribution in [1.29, 1.82) is 0 Å². The third-order valence-corrected chi connectivity index (χ3v) is 6.18. The number of hydrogen-bond donors (Lipinski definition) is 2. The molecule has 0 bridgehead atoms. The van der Waals surface area contributed by atoms with Crippen molar-refractivity contribution in [1.82, 2.24) is 0 Å². The highest BCUT2D eigenvalue weighted by Crippen LogP contribution is 2.19. The summed E-state index contributed by atoms with van der Waals surface area (Å²) in [5, 5.41) is 6.89. The normalized spacial score (nSPS) is 11.1. The summed E-state index contributed by atoms with van der Waals surface area (Å²) in [5.74, 6) is -0.459. The molecule has 0 aromatic heterocycles. The van der Waals surface area contributed by atoms with E-state index in [4.69, 9.17) is 23.2 Å². The van der Waals surface area contributed by atoms with E-state index in [-0.39, 0.29) is 11.8 Å². The first-order valence-electron chi connectivity index (χ1n) is 11.6. The number of amides is 2. The quantitative estimate of drug-likeness (QED) is 0.229. The van der Waals surface area contributed by atoms with Gasteiger partial charge in [-0.2, -0.15) is 0 Å². The van der Waals surface area contributed by atoms with Crippen LogP contribution in [0.25, 0.3) is 12.2 Å². The van der Waals surface area contributed by atoms with Gasteiger partial charge in [-0.15, -0.1) is 0 Å². The lowest BCUT2D eigenvalue weighted by atomic mass is 10.0. The van der Waals surface area contributed by atoms with Gasteiger partial charge in [0.15, 0.2) is 0 Å². The number of anilines is 2. The number of carbonyl (C=O) groups is 2. The predicted octanol–water partition coefficient (Wildman–Crippen LogP) is 7.89. The average molecular weight is 527 g/mol. The van der Waals surface area contributed by atoms with E-state index in [1.807, 2.05) is 84.9 Å². The Labute approximate surface area is 226 Å². The third-order valence-electron chi connectivity index (χ3n) is 5.49. The molecular formula is C31H24Cl2N2O2. The zero-order valence-corrected chi connectivity index (χ0v) is 21.3. The topological polar surface area (TPSA) is 58.2 Å². The molecule has 0 saturated carbocycles. The first-order chi connectivity index (χ1) is 18.0. The monoisotopic (exact) mass is 526 g/mol. The van der Waals surface area contributed by atoms with Crippen LogP contribution >= 0.6 is 23.2 Å². The van der Waals surface area contributed by atoms with Crippen molar-refractivity contribution < 1.29 is 9.59 Å². The molecule has 0 fully saturated rings. The third kappa shape index (κ3) is 7.94. The molecule has 0 aliphatic carbocycles. The minimum absolute atomic E-state index is 0.230. The SMILES string of the molecule is O=C(/C=C/c1ccccc1Cl)Nc1ccc(Cc2ccc(NC(=O)/C=C/c3ccccc3Cl)cc2)cc1. The molecule has 2 amide bonds. The maximum Gasteiger partial charge on any atom is 0.248 e. The van der Waals surface area contributed by atoms with E-state index in [2.05, 4.69) is 10.6 Å². The summed E-state index contributed by atoms with van der Waals surface area (Å²) in [7, 11) is 0. The maximum absolute atomic E-state index is 12.2. The van der Waals surface area contributed by atoms with Crippen LogP contribution in [0.4, 0.5) is 11.4 Å². The Balaban J connectivity index is 1.28. The van der Waals surface area contributed by atoms with E-state index in [0.717, 1.165) is 28.7 Å². The molecule has 0 radical (unpaired) electrons. The van der Waals surface area contributed by atoms with Crippen LogP contribution in [0.15, 0.2) is 109 Å². The van der Waals surface area contributed by atoms with Crippen molar-refractivity contribution in [2.45, 2.75) is 6.42 Å². The molecule has 0 heterocycles. The molecule has 4 aromatic carbocycles. The molecule has 0 unspecified atom stereocenters. The minimum Gasteiger partial charge on any atom is -0.323 e. The Hall–Kier alpha value is -4.12. The first-order valence-corrected chi connectivity index (χ1v) is 12.4. The van der Waals surface area contributed by atoms with E-state index in [0.29, 0.717) is 21.4 Å². The molecule has 4 aromatic rings. The highest BCUT2D eigenvalue weighted by molar-refractivity contribution is 6.32. The molecule has 0 aliphatic heterocycles. The maximum atomic E-state index is 12.2. The summed E-state index contributed by atoms with van der Waals surface area (Å²) >= 11 is 12.2. The molecule has 4 nitrogen and oxygen atoms in total. The molecular weight excluding hydrogens is 503 g/mol. The van der Waals surface area contributed by atoms with Crippen LogP contribution in [-0.2, 0) is 16.0 Å². The van der Waals surface area contributed by atoms with Gasteiger partial charge < -0.3 is 10.6 Å². The van der Waals surface area contributed by atoms with Gasteiger partial charge in [-0.25, -0.2) is 0 Å². The highest BCUT2D eigenvalue weighted by Gasteiger charge is 2.03. The second-order valence-electron chi connectivity index (χ2n) is 8.26. The lowest BCUT2D eigenvalue weighted by Gasteiger charge is -2.07. The van der Waals surface area contributed by atoms with Crippen molar-refractivity contribution in [2.24, 2.45) is 0 Å². The second-order valence-corrected chi connectivity index (χ2v) is 9.07. The number of hydrogen-bond acceptors (Lipinski definition) is 2. The largest absolute Gasteiger partial charge is 0.323 e. The summed E-state index contributed by atoms with van der Waals surface area (Å²) in [6.45, 7) is 0. The van der Waals surface area contributed by atoms with Gasteiger partial charge in [-0.05, 0) is 77.2 Å². The minimum atomic E-state index is -0.230. The van der Waals surface area contributed by atoms with Gasteiger partial charge in [0.1, 0.15) is 0 Å². The van der Waals surface area contributed by atoms with Crippen LogP contribution < -0.4 is 10.6 Å². The number of carbonyl (C=O) groups excluding carboxylic acids is 2. The van der Waals surface area contributed by atoms with Crippen LogP contribution in [0, 0.1) is 0 Å². The summed E-state index contributed by atoms with van der Waals surface area (Å²) in [6.07, 6.45) is 7.02. The van der Waals surface area contributed by atoms with Gasteiger partial charge in [-0.1, -0.05) is 83.9 Å². The molecule has 4 rings (SSSR count). The molecule has 37 heavy (non-hydrogen) atoms. The van der Waals surface area contributed by atoms with E-state index < -0.39 is 0 Å². The van der Waals surface area contributed by atoms with Crippen molar-refractivity contribution in [3.63, 3.8) is 0 Å². The Morgan fingerprint density at radius 3 is 1.32 bits per heavy atom. The van der Waals surface area contributed by atoms with E-state index in [1.165, 1.54) is 12.2 Å². The summed E-state index contributed by atoms with van der Waals surface area (Å²) in [4.78, 5) is 24.5. The molecule has 0 saturated heterocycles. The van der Waals surface area contributed by atoms with Gasteiger partial charge in [0, 0.05) is 33.6 Å². The lowest BCUT2D eigenvalue weighted by molar-refractivity contribution is -0.112. The van der Waals surface area contributed by atoms with E-state index in [9.17, 15) is 9.59 Å². The molecule has 0 aliphatic rings. The fourth-order valence-corrected chi connectivity index (χ4v) is 3.96. The van der Waals surface area contributed by atoms with Crippen LogP contribution in [0.3, 0.4) is 0 Å². The average Bonchev–Trinajstić information content (AvgIpc) is 2.90. The summed E-state index contributed by atoms with van der Waals surface area (Å²) < 4.78 is 0. The Morgan fingerprint density at radius 1 is 0.568 bits per heavy atom. The Bertz CT molecular complexity index is 1330. The Morgan fingerprint density at radius 2 is 0.946 bits per heavy atom. The molecule has 0 atom stereocenters. The molecule has 6 heteroatoms. The van der Waals surface area contributed by atoms with Gasteiger partial charge in [-0.3, -0.25) is 9.59 Å². The van der Waals surface area contributed by atoms with Crippen LogP contribution in [0.1, 0.15) is 22.3 Å². The van der Waals surface area contributed by atoms with Gasteiger partial charge >= 0.3 is 0 Å². The highest BCUT2D eigenvalue weighted by atomic mass is 35.5. The molecule has 2 N–H and O–H groups in total. The van der Waals surface area contributed by atoms with Crippen molar-refractivity contribution in [3.8, 4) is 0 Å². The van der Waals surface area contributed by atoms with Crippen molar-refractivity contribution >= 4 is 58.5 Å². The molecule has 0 spiro atoms. The zero-order chi connectivity index (χ0) is 26.0. The first kappa shape index (κ1) is 26.0. The predicted molar refractivity (Wildman–Crippen MR) is 154 cm³/mol. The number of benzene rings is 4. The van der Waals surface area contributed by atoms with Gasteiger partial charge in [0.05, 0.1) is 0 Å². The van der Waals surface area contributed by atoms with Gasteiger partial charge in [0.2, 0.25) is 11.8 Å².